The molecule has 1 N–H and O–H groups in total. The van der Waals surface area contributed by atoms with Gasteiger partial charge in [-0.25, -0.2) is 4.79 Å². The van der Waals surface area contributed by atoms with Crippen LogP contribution >= 0.6 is 0 Å². The van der Waals surface area contributed by atoms with E-state index in [9.17, 15) is 0 Å². The molecule has 1 radical (unpaired) electrons. The molecule has 0 aliphatic rings. The number of nitrogens with zero attached hydrogens (tertiary/aromatic N) is 1. The van der Waals surface area contributed by atoms with Crippen molar-refractivity contribution in [3.63, 3.8) is 0 Å². The fraction of sp³-hybridized carbons (Fsp3) is 0. The second-order valence-corrected chi connectivity index (χ2v) is 0.417. The Balaban J connectivity index is 0. The van der Waals surface area contributed by atoms with Crippen LogP contribution in [0.1, 0.15) is 0 Å². The molecule has 0 unspecified atom stereocenters. The van der Waals surface area contributed by atoms with Crippen molar-refractivity contribution in [2.24, 2.45) is 0 Å². The number of hydrogen-bond donors (Lipinski definition) is 1. The molecule has 0 spiro atoms. The molecule has 0 aromatic carbocycles. The molecule has 3 nitrogen and oxygen atoms in total. The van der Waals surface area contributed by atoms with Gasteiger partial charge in [0.25, 0.3) is 0 Å². The predicted octanol–water partition coefficient (Wildman–Crippen LogP) is -0.408. The summed E-state index contributed by atoms with van der Waals surface area (Å²) in [6, 6.07) is 0.944. The minimum Gasteiger partial charge on any atom is -0.470 e. The summed E-state index contributed by atoms with van der Waals surface area (Å²) in [5.74, 6) is -1.44. The third kappa shape index (κ3) is 8.96. The summed E-state index contributed by atoms with van der Waals surface area (Å²) in [6.07, 6.45) is 0. The number of carboxylic acids is 1. The minimum atomic E-state index is -1.44. The molecule has 0 fully saturated rings. The summed E-state index contributed by atoms with van der Waals surface area (Å²) in [7, 11) is 0. The SMILES string of the molecule is N#CC(=O)O.[Y]. The van der Waals surface area contributed by atoms with E-state index in [0.29, 0.717) is 0 Å². The summed E-state index contributed by atoms with van der Waals surface area (Å²) in [4.78, 5) is 9.01. The van der Waals surface area contributed by atoms with Crippen LogP contribution in [-0.2, 0) is 37.5 Å². The van der Waals surface area contributed by atoms with Gasteiger partial charge in [0.1, 0.15) is 0 Å². The Hall–Kier alpha value is 0.0639. The zero-order chi connectivity index (χ0) is 4.28. The van der Waals surface area contributed by atoms with Gasteiger partial charge in [-0.2, -0.15) is 5.26 Å². The fourth-order valence-electron chi connectivity index (χ4n) is 0. The second-order valence-electron chi connectivity index (χ2n) is 0.417. The number of carboxylic acid groups (broad SMARTS) is 1. The Labute approximate surface area is 59.8 Å². The van der Waals surface area contributed by atoms with Crippen molar-refractivity contribution in [2.45, 2.75) is 0 Å². The third-order valence-electron chi connectivity index (χ3n) is 0.0956. The minimum absolute atomic E-state index is 0. The average molecular weight is 160 g/mol. The summed E-state index contributed by atoms with van der Waals surface area (Å²) in [5.41, 5.74) is 0. The third-order valence-corrected chi connectivity index (χ3v) is 0.0956. The standard InChI is InChI=1S/C2HNO2.Y/c3-1-2(4)5;/h(H,4,5);. The number of rotatable bonds is 0. The average Bonchev–Trinajstić information content (AvgIpc) is 1.38. The van der Waals surface area contributed by atoms with E-state index in [1.807, 2.05) is 0 Å². The largest absolute Gasteiger partial charge is 0.470 e. The van der Waals surface area contributed by atoms with Crippen LogP contribution in [0, 0.1) is 11.3 Å². The monoisotopic (exact) mass is 160 g/mol. The molecule has 29 valence electrons. The normalized spacial score (nSPS) is 4.50. The first kappa shape index (κ1) is 9.42. The molecule has 0 aromatic rings. The van der Waals surface area contributed by atoms with Crippen molar-refractivity contribution in [1.29, 1.82) is 5.26 Å². The van der Waals surface area contributed by atoms with Crippen LogP contribution in [0.25, 0.3) is 0 Å². The molecule has 0 amide bonds. The van der Waals surface area contributed by atoms with Crippen molar-refractivity contribution in [1.82, 2.24) is 0 Å². The van der Waals surface area contributed by atoms with Crippen molar-refractivity contribution < 1.29 is 42.6 Å². The molecule has 0 bridgehead atoms. The van der Waals surface area contributed by atoms with Gasteiger partial charge in [-0.05, 0) is 0 Å². The summed E-state index contributed by atoms with van der Waals surface area (Å²) in [6.45, 7) is 0. The maximum Gasteiger partial charge on any atom is 0.408 e. The van der Waals surface area contributed by atoms with Gasteiger partial charge in [-0.1, -0.05) is 0 Å². The number of hydrogen-bond acceptors (Lipinski definition) is 2. The van der Waals surface area contributed by atoms with Gasteiger partial charge in [0.2, 0.25) is 0 Å². The van der Waals surface area contributed by atoms with Crippen molar-refractivity contribution >= 4 is 5.97 Å². The van der Waals surface area contributed by atoms with E-state index in [0.717, 1.165) is 6.07 Å². The van der Waals surface area contributed by atoms with E-state index in [-0.39, 0.29) is 32.7 Å². The van der Waals surface area contributed by atoms with Crippen LogP contribution in [0.15, 0.2) is 0 Å². The summed E-state index contributed by atoms with van der Waals surface area (Å²) in [5, 5.41) is 14.7. The van der Waals surface area contributed by atoms with Crippen molar-refractivity contribution in [2.75, 3.05) is 0 Å². The number of aliphatic carboxylic acids is 1. The molecule has 0 atom stereocenters. The summed E-state index contributed by atoms with van der Waals surface area (Å²) >= 11 is 0. The van der Waals surface area contributed by atoms with Crippen LogP contribution < -0.4 is 0 Å². The zero-order valence-corrected chi connectivity index (χ0v) is 5.72. The van der Waals surface area contributed by atoms with Crippen LogP contribution in [0.5, 0.6) is 0 Å². The maximum absolute atomic E-state index is 9.01. The Kier molecular flexibility index (Phi) is 7.95. The molecule has 4 heteroatoms. The topological polar surface area (TPSA) is 61.1 Å². The van der Waals surface area contributed by atoms with Gasteiger partial charge in [0.05, 0.1) is 0 Å². The fourth-order valence-corrected chi connectivity index (χ4v) is 0. The molecule has 0 aliphatic heterocycles. The quantitative estimate of drug-likeness (QED) is 0.387. The Bertz CT molecular complexity index is 84.0. The van der Waals surface area contributed by atoms with Crippen LogP contribution in [0.4, 0.5) is 0 Å². The molecule has 0 aliphatic carbocycles. The molecule has 0 heterocycles. The Morgan fingerprint density at radius 1 is 1.83 bits per heavy atom. The van der Waals surface area contributed by atoms with E-state index in [2.05, 4.69) is 0 Å². The van der Waals surface area contributed by atoms with Gasteiger partial charge in [0, 0.05) is 32.7 Å². The van der Waals surface area contributed by atoms with Gasteiger partial charge in [-0.3, -0.25) is 0 Å². The van der Waals surface area contributed by atoms with E-state index >= 15 is 0 Å². The molecule has 0 saturated carbocycles. The van der Waals surface area contributed by atoms with E-state index in [1.165, 1.54) is 0 Å². The number of nitriles is 1. The number of carbonyl (C=O) groups is 1. The maximum atomic E-state index is 9.01. The molecular weight excluding hydrogens is 159 g/mol. The van der Waals surface area contributed by atoms with Crippen LogP contribution in [0.2, 0.25) is 0 Å². The van der Waals surface area contributed by atoms with Gasteiger partial charge in [-0.15, -0.1) is 0 Å². The molecule has 6 heavy (non-hydrogen) atoms. The molecule has 0 rings (SSSR count). The Morgan fingerprint density at radius 3 is 2.00 bits per heavy atom. The molecular formula is C2HNO2Y. The second kappa shape index (κ2) is 5.06. The van der Waals surface area contributed by atoms with E-state index < -0.39 is 5.97 Å². The van der Waals surface area contributed by atoms with Gasteiger partial charge in [0.15, 0.2) is 6.07 Å². The first-order valence-corrected chi connectivity index (χ1v) is 0.901. The van der Waals surface area contributed by atoms with Gasteiger partial charge < -0.3 is 5.11 Å². The predicted molar refractivity (Wildman–Crippen MR) is 13.2 cm³/mol. The molecule has 0 aromatic heterocycles. The zero-order valence-electron chi connectivity index (χ0n) is 2.88. The van der Waals surface area contributed by atoms with Crippen LogP contribution in [-0.4, -0.2) is 11.1 Å². The smallest absolute Gasteiger partial charge is 0.408 e. The first-order chi connectivity index (χ1) is 2.27. The van der Waals surface area contributed by atoms with Gasteiger partial charge >= 0.3 is 5.97 Å². The van der Waals surface area contributed by atoms with Crippen molar-refractivity contribution in [3.8, 4) is 6.07 Å². The summed E-state index contributed by atoms with van der Waals surface area (Å²) < 4.78 is 0. The van der Waals surface area contributed by atoms with Crippen molar-refractivity contribution in [3.05, 3.63) is 0 Å². The first-order valence-electron chi connectivity index (χ1n) is 0.901. The van der Waals surface area contributed by atoms with E-state index in [4.69, 9.17) is 15.2 Å². The molecule has 0 saturated heterocycles. The van der Waals surface area contributed by atoms with E-state index in [1.54, 1.807) is 0 Å². The Morgan fingerprint density at radius 2 is 2.00 bits per heavy atom. The van der Waals surface area contributed by atoms with Crippen LogP contribution in [0.3, 0.4) is 0 Å².